The SMILES string of the molecule is c1ccc(-n2c3ccccc3c3c4ccc(-c5ccccc5-c5ccc6c7c(cccc57)-c5ccccc5O6)cc4ccc32)cc1. The highest BCUT2D eigenvalue weighted by atomic mass is 16.5. The Morgan fingerprint density at radius 3 is 2.02 bits per heavy atom. The molecule has 214 valence electrons. The van der Waals surface area contributed by atoms with Crippen molar-refractivity contribution in [2.45, 2.75) is 0 Å². The van der Waals surface area contributed by atoms with Crippen LogP contribution in [0.4, 0.5) is 0 Å². The molecule has 0 unspecified atom stereocenters. The largest absolute Gasteiger partial charge is 0.456 e. The van der Waals surface area contributed by atoms with E-state index in [1.165, 1.54) is 76.9 Å². The van der Waals surface area contributed by atoms with Gasteiger partial charge in [0, 0.05) is 27.4 Å². The first-order valence-corrected chi connectivity index (χ1v) is 15.8. The van der Waals surface area contributed by atoms with Crippen molar-refractivity contribution in [2.75, 3.05) is 0 Å². The molecule has 0 saturated carbocycles. The van der Waals surface area contributed by atoms with Gasteiger partial charge < -0.3 is 9.30 Å². The van der Waals surface area contributed by atoms with Gasteiger partial charge in [0.15, 0.2) is 0 Å². The fraction of sp³-hybridized carbons (Fsp3) is 0. The van der Waals surface area contributed by atoms with Crippen molar-refractivity contribution < 1.29 is 4.74 Å². The third-order valence-corrected chi connectivity index (χ3v) is 9.60. The second-order valence-corrected chi connectivity index (χ2v) is 12.1. The monoisotopic (exact) mass is 585 g/mol. The van der Waals surface area contributed by atoms with Crippen molar-refractivity contribution in [2.24, 2.45) is 0 Å². The Bertz CT molecular complexity index is 2660. The van der Waals surface area contributed by atoms with Crippen molar-refractivity contribution >= 4 is 43.4 Å². The van der Waals surface area contributed by atoms with Gasteiger partial charge in [-0.05, 0) is 86.4 Å². The number of para-hydroxylation sites is 3. The van der Waals surface area contributed by atoms with Crippen LogP contribution in [0.5, 0.6) is 11.5 Å². The maximum atomic E-state index is 6.40. The lowest BCUT2D eigenvalue weighted by molar-refractivity contribution is 0.487. The Balaban J connectivity index is 1.17. The lowest BCUT2D eigenvalue weighted by Gasteiger charge is -2.23. The summed E-state index contributed by atoms with van der Waals surface area (Å²) in [6.45, 7) is 0. The van der Waals surface area contributed by atoms with Crippen molar-refractivity contribution in [3.63, 3.8) is 0 Å². The molecule has 0 N–H and O–H groups in total. The molecule has 0 bridgehead atoms. The third-order valence-electron chi connectivity index (χ3n) is 9.60. The van der Waals surface area contributed by atoms with Crippen LogP contribution < -0.4 is 4.74 Å². The van der Waals surface area contributed by atoms with Gasteiger partial charge in [-0.25, -0.2) is 0 Å². The zero-order valence-electron chi connectivity index (χ0n) is 24.9. The summed E-state index contributed by atoms with van der Waals surface area (Å²) < 4.78 is 8.78. The number of benzene rings is 8. The fourth-order valence-corrected chi connectivity index (χ4v) is 7.61. The molecule has 2 heterocycles. The van der Waals surface area contributed by atoms with Gasteiger partial charge in [0.05, 0.1) is 11.0 Å². The van der Waals surface area contributed by atoms with Crippen LogP contribution in [0.3, 0.4) is 0 Å². The van der Waals surface area contributed by atoms with E-state index in [2.05, 4.69) is 156 Å². The standard InChI is InChI=1S/C44H27NO/c1-2-11-30(12-3-1)45-39-19-8-6-16-38(39)43-32-23-21-28(27-29(32)22-25-40(43)45)31-13-4-5-14-33(31)34-24-26-42-44-36(34)17-10-18-37(44)35-15-7-9-20-41(35)46-42/h1-27H. The van der Waals surface area contributed by atoms with E-state index >= 15 is 0 Å². The Labute approximate surface area is 266 Å². The van der Waals surface area contributed by atoms with E-state index < -0.39 is 0 Å². The summed E-state index contributed by atoms with van der Waals surface area (Å²) in [7, 11) is 0. The van der Waals surface area contributed by atoms with Crippen LogP contribution in [-0.4, -0.2) is 4.57 Å². The summed E-state index contributed by atoms with van der Waals surface area (Å²) in [4.78, 5) is 0. The van der Waals surface area contributed by atoms with E-state index in [0.717, 1.165) is 17.1 Å². The van der Waals surface area contributed by atoms with Gasteiger partial charge in [-0.1, -0.05) is 121 Å². The van der Waals surface area contributed by atoms with Crippen LogP contribution >= 0.6 is 0 Å². The minimum Gasteiger partial charge on any atom is -0.456 e. The number of hydrogen-bond donors (Lipinski definition) is 0. The van der Waals surface area contributed by atoms with Gasteiger partial charge in [0.2, 0.25) is 0 Å². The van der Waals surface area contributed by atoms with E-state index in [9.17, 15) is 0 Å². The third kappa shape index (κ3) is 3.59. The van der Waals surface area contributed by atoms with Gasteiger partial charge in [0.25, 0.3) is 0 Å². The maximum Gasteiger partial charge on any atom is 0.135 e. The average molecular weight is 586 g/mol. The van der Waals surface area contributed by atoms with Crippen LogP contribution in [0.25, 0.3) is 82.4 Å². The molecule has 9 aromatic rings. The molecule has 0 saturated heterocycles. The van der Waals surface area contributed by atoms with E-state index in [1.807, 2.05) is 12.1 Å². The molecular formula is C44H27NO. The molecular weight excluding hydrogens is 558 g/mol. The summed E-state index contributed by atoms with van der Waals surface area (Å²) in [5, 5.41) is 7.44. The number of rotatable bonds is 3. The lowest BCUT2D eigenvalue weighted by atomic mass is 9.87. The second-order valence-electron chi connectivity index (χ2n) is 12.1. The normalized spacial score (nSPS) is 12.1. The van der Waals surface area contributed by atoms with Gasteiger partial charge in [-0.3, -0.25) is 0 Å². The molecule has 1 aliphatic rings. The highest BCUT2D eigenvalue weighted by Crippen LogP contribution is 2.49. The Hall–Kier alpha value is -6.12. The highest BCUT2D eigenvalue weighted by molar-refractivity contribution is 6.22. The first kappa shape index (κ1) is 25.2. The summed E-state index contributed by atoms with van der Waals surface area (Å²) in [6.07, 6.45) is 0. The molecule has 0 radical (unpaired) electrons. The second kappa shape index (κ2) is 9.69. The summed E-state index contributed by atoms with van der Waals surface area (Å²) in [5.41, 5.74) is 10.8. The molecule has 0 amide bonds. The van der Waals surface area contributed by atoms with Crippen LogP contribution in [0.2, 0.25) is 0 Å². The van der Waals surface area contributed by atoms with E-state index in [-0.39, 0.29) is 0 Å². The minimum absolute atomic E-state index is 0.910. The number of aromatic nitrogens is 1. The van der Waals surface area contributed by atoms with E-state index in [4.69, 9.17) is 4.74 Å². The number of nitrogens with zero attached hydrogens (tertiary/aromatic N) is 1. The van der Waals surface area contributed by atoms with Crippen LogP contribution in [0, 0.1) is 0 Å². The fourth-order valence-electron chi connectivity index (χ4n) is 7.61. The lowest BCUT2D eigenvalue weighted by Crippen LogP contribution is -1.98. The Morgan fingerprint density at radius 2 is 1.11 bits per heavy atom. The Morgan fingerprint density at radius 1 is 0.370 bits per heavy atom. The highest BCUT2D eigenvalue weighted by Gasteiger charge is 2.22. The van der Waals surface area contributed by atoms with Gasteiger partial charge >= 0.3 is 0 Å². The van der Waals surface area contributed by atoms with Crippen LogP contribution in [0.15, 0.2) is 164 Å². The van der Waals surface area contributed by atoms with Crippen LogP contribution in [-0.2, 0) is 0 Å². The number of hydrogen-bond acceptors (Lipinski definition) is 1. The van der Waals surface area contributed by atoms with E-state index in [1.54, 1.807) is 0 Å². The van der Waals surface area contributed by atoms with E-state index in [0.29, 0.717) is 0 Å². The molecule has 0 spiro atoms. The van der Waals surface area contributed by atoms with Gasteiger partial charge in [-0.15, -0.1) is 0 Å². The molecule has 2 nitrogen and oxygen atoms in total. The van der Waals surface area contributed by atoms with Crippen molar-refractivity contribution in [3.05, 3.63) is 164 Å². The molecule has 2 heteroatoms. The molecule has 0 aliphatic carbocycles. The van der Waals surface area contributed by atoms with Crippen molar-refractivity contribution in [3.8, 4) is 50.6 Å². The van der Waals surface area contributed by atoms with Gasteiger partial charge in [-0.2, -0.15) is 0 Å². The molecule has 1 aromatic heterocycles. The molecule has 0 atom stereocenters. The zero-order chi connectivity index (χ0) is 30.2. The molecule has 8 aromatic carbocycles. The minimum atomic E-state index is 0.910. The maximum absolute atomic E-state index is 6.40. The zero-order valence-corrected chi connectivity index (χ0v) is 24.9. The summed E-state index contributed by atoms with van der Waals surface area (Å²) >= 11 is 0. The summed E-state index contributed by atoms with van der Waals surface area (Å²) in [5.74, 6) is 1.82. The summed E-state index contributed by atoms with van der Waals surface area (Å²) in [6, 6.07) is 59.0. The molecule has 0 fully saturated rings. The van der Waals surface area contributed by atoms with Crippen molar-refractivity contribution in [1.82, 2.24) is 4.57 Å². The molecule has 46 heavy (non-hydrogen) atoms. The predicted octanol–water partition coefficient (Wildman–Crippen LogP) is 12.2. The average Bonchev–Trinajstić information content (AvgIpc) is 3.47. The molecule has 1 aliphatic heterocycles. The Kier molecular flexibility index (Phi) is 5.31. The number of ether oxygens (including phenoxy) is 1. The topological polar surface area (TPSA) is 14.2 Å². The number of fused-ring (bicyclic) bond motifs is 7. The smallest absolute Gasteiger partial charge is 0.135 e. The van der Waals surface area contributed by atoms with Crippen molar-refractivity contribution in [1.29, 1.82) is 0 Å². The van der Waals surface area contributed by atoms with Crippen LogP contribution in [0.1, 0.15) is 0 Å². The first-order chi connectivity index (χ1) is 22.8. The quantitative estimate of drug-likeness (QED) is 0.201. The molecule has 10 rings (SSSR count). The first-order valence-electron chi connectivity index (χ1n) is 15.8. The predicted molar refractivity (Wildman–Crippen MR) is 192 cm³/mol. The van der Waals surface area contributed by atoms with Gasteiger partial charge in [0.1, 0.15) is 11.5 Å².